The Kier molecular flexibility index (Phi) is 4.11. The maximum absolute atomic E-state index is 12.0. The van der Waals surface area contributed by atoms with E-state index in [-0.39, 0.29) is 5.69 Å². The minimum absolute atomic E-state index is 0.0347. The minimum Gasteiger partial charge on any atom is -0.324 e. The van der Waals surface area contributed by atoms with Crippen molar-refractivity contribution in [3.63, 3.8) is 0 Å². The predicted molar refractivity (Wildman–Crippen MR) is 77.7 cm³/mol. The molecule has 20 heavy (non-hydrogen) atoms. The highest BCUT2D eigenvalue weighted by atomic mass is 32.1. The number of carbonyl (C=O) groups excluding carboxylic acids is 1. The third kappa shape index (κ3) is 3.01. The molecule has 0 aliphatic carbocycles. The van der Waals surface area contributed by atoms with Crippen LogP contribution in [-0.2, 0) is 4.79 Å². The van der Waals surface area contributed by atoms with E-state index in [4.69, 9.17) is 5.73 Å². The van der Waals surface area contributed by atoms with Gasteiger partial charge in [0, 0.05) is 22.2 Å². The zero-order valence-corrected chi connectivity index (χ0v) is 11.5. The molecule has 1 unspecified atom stereocenters. The zero-order chi connectivity index (χ0) is 14.7. The van der Waals surface area contributed by atoms with Crippen molar-refractivity contribution in [2.75, 3.05) is 5.32 Å². The number of hydrogen-bond acceptors (Lipinski definition) is 5. The van der Waals surface area contributed by atoms with Crippen molar-refractivity contribution in [2.24, 2.45) is 5.73 Å². The molecule has 6 nitrogen and oxygen atoms in total. The molecule has 1 heterocycles. The van der Waals surface area contributed by atoms with Gasteiger partial charge in [0.15, 0.2) is 0 Å². The Morgan fingerprint density at radius 1 is 1.45 bits per heavy atom. The Morgan fingerprint density at radius 3 is 2.80 bits per heavy atom. The summed E-state index contributed by atoms with van der Waals surface area (Å²) in [5, 5.41) is 15.3. The van der Waals surface area contributed by atoms with E-state index in [2.05, 4.69) is 5.32 Å². The summed E-state index contributed by atoms with van der Waals surface area (Å²) >= 11 is 1.39. The molecule has 0 spiro atoms. The van der Waals surface area contributed by atoms with Crippen LogP contribution in [0.2, 0.25) is 0 Å². The van der Waals surface area contributed by atoms with Gasteiger partial charge in [-0.3, -0.25) is 14.9 Å². The van der Waals surface area contributed by atoms with Crippen molar-refractivity contribution in [2.45, 2.75) is 13.0 Å². The molecule has 2 aromatic rings. The van der Waals surface area contributed by atoms with Gasteiger partial charge in [-0.1, -0.05) is 12.1 Å². The molecule has 1 amide bonds. The minimum atomic E-state index is -0.782. The van der Waals surface area contributed by atoms with Gasteiger partial charge in [0.05, 0.1) is 4.92 Å². The average Bonchev–Trinajstić information content (AvgIpc) is 2.93. The number of amides is 1. The third-order valence-corrected chi connectivity index (χ3v) is 3.76. The lowest BCUT2D eigenvalue weighted by Gasteiger charge is -2.11. The SMILES string of the molecule is Cc1ccc(NC(=O)C(N)c2cccs2)cc1[N+](=O)[O-]. The van der Waals surface area contributed by atoms with Gasteiger partial charge >= 0.3 is 0 Å². The van der Waals surface area contributed by atoms with Gasteiger partial charge in [0.1, 0.15) is 6.04 Å². The molecule has 1 aromatic carbocycles. The number of anilines is 1. The smallest absolute Gasteiger partial charge is 0.274 e. The van der Waals surface area contributed by atoms with Crippen LogP contribution >= 0.6 is 11.3 Å². The highest BCUT2D eigenvalue weighted by molar-refractivity contribution is 7.10. The van der Waals surface area contributed by atoms with Crippen molar-refractivity contribution >= 4 is 28.6 Å². The lowest BCUT2D eigenvalue weighted by molar-refractivity contribution is -0.385. The Bertz CT molecular complexity index is 640. The van der Waals surface area contributed by atoms with Crippen LogP contribution in [0, 0.1) is 17.0 Å². The number of aryl methyl sites for hydroxylation is 1. The van der Waals surface area contributed by atoms with Crippen molar-refractivity contribution in [1.82, 2.24) is 0 Å². The molecule has 0 aliphatic rings. The molecular weight excluding hydrogens is 278 g/mol. The van der Waals surface area contributed by atoms with E-state index in [1.165, 1.54) is 17.4 Å². The molecule has 0 saturated carbocycles. The molecule has 3 N–H and O–H groups in total. The molecule has 1 aromatic heterocycles. The second kappa shape index (κ2) is 5.81. The van der Waals surface area contributed by atoms with Gasteiger partial charge in [-0.15, -0.1) is 11.3 Å². The van der Waals surface area contributed by atoms with E-state index in [1.807, 2.05) is 11.4 Å². The summed E-state index contributed by atoms with van der Waals surface area (Å²) in [6.07, 6.45) is 0. The highest BCUT2D eigenvalue weighted by Gasteiger charge is 2.18. The maximum Gasteiger partial charge on any atom is 0.274 e. The molecule has 1 atom stereocenters. The summed E-state index contributed by atoms with van der Waals surface area (Å²) < 4.78 is 0. The van der Waals surface area contributed by atoms with Crippen LogP contribution in [0.15, 0.2) is 35.7 Å². The zero-order valence-electron chi connectivity index (χ0n) is 10.7. The second-order valence-electron chi connectivity index (χ2n) is 4.24. The Morgan fingerprint density at radius 2 is 2.20 bits per heavy atom. The molecule has 7 heteroatoms. The number of nitrogens with one attached hydrogen (secondary N) is 1. The Balaban J connectivity index is 2.16. The summed E-state index contributed by atoms with van der Waals surface area (Å²) in [7, 11) is 0. The van der Waals surface area contributed by atoms with E-state index >= 15 is 0 Å². The first kappa shape index (κ1) is 14.2. The lowest BCUT2D eigenvalue weighted by atomic mass is 10.1. The standard InChI is InChI=1S/C13H13N3O3S/c1-8-4-5-9(7-10(8)16(18)19)15-13(17)12(14)11-3-2-6-20-11/h2-7,12H,14H2,1H3,(H,15,17). The molecule has 0 radical (unpaired) electrons. The monoisotopic (exact) mass is 291 g/mol. The predicted octanol–water partition coefficient (Wildman–Crippen LogP) is 2.60. The molecule has 104 valence electrons. The summed E-state index contributed by atoms with van der Waals surface area (Å²) in [5.41, 5.74) is 6.69. The molecule has 0 bridgehead atoms. The van der Waals surface area contributed by atoms with Crippen molar-refractivity contribution < 1.29 is 9.72 Å². The van der Waals surface area contributed by atoms with E-state index < -0.39 is 16.9 Å². The van der Waals surface area contributed by atoms with Crippen molar-refractivity contribution in [3.8, 4) is 0 Å². The first-order valence-electron chi connectivity index (χ1n) is 5.84. The fourth-order valence-corrected chi connectivity index (χ4v) is 2.43. The van der Waals surface area contributed by atoms with E-state index in [9.17, 15) is 14.9 Å². The van der Waals surface area contributed by atoms with Gasteiger partial charge in [0.2, 0.25) is 5.91 Å². The summed E-state index contributed by atoms with van der Waals surface area (Å²) in [5.74, 6) is -0.398. The number of nitrogens with two attached hydrogens (primary N) is 1. The third-order valence-electron chi connectivity index (χ3n) is 2.81. The number of nitro benzene ring substituents is 1. The van der Waals surface area contributed by atoms with Crippen LogP contribution in [0.25, 0.3) is 0 Å². The maximum atomic E-state index is 12.0. The second-order valence-corrected chi connectivity index (χ2v) is 5.22. The van der Waals surface area contributed by atoms with Gasteiger partial charge in [-0.2, -0.15) is 0 Å². The van der Waals surface area contributed by atoms with E-state index in [1.54, 1.807) is 25.1 Å². The lowest BCUT2D eigenvalue weighted by Crippen LogP contribution is -2.27. The molecule has 0 saturated heterocycles. The number of thiophene rings is 1. The van der Waals surface area contributed by atoms with Crippen molar-refractivity contribution in [1.29, 1.82) is 0 Å². The molecule has 2 rings (SSSR count). The van der Waals surface area contributed by atoms with Crippen LogP contribution in [-0.4, -0.2) is 10.8 Å². The number of nitrogens with zero attached hydrogens (tertiary/aromatic N) is 1. The number of nitro groups is 1. The average molecular weight is 291 g/mol. The van der Waals surface area contributed by atoms with Crippen molar-refractivity contribution in [3.05, 3.63) is 56.3 Å². The van der Waals surface area contributed by atoms with Crippen LogP contribution in [0.5, 0.6) is 0 Å². The first-order chi connectivity index (χ1) is 9.49. The normalized spacial score (nSPS) is 11.9. The fraction of sp³-hybridized carbons (Fsp3) is 0.154. The largest absolute Gasteiger partial charge is 0.324 e. The summed E-state index contributed by atoms with van der Waals surface area (Å²) in [6, 6.07) is 7.33. The van der Waals surface area contributed by atoms with Crippen LogP contribution in [0.3, 0.4) is 0 Å². The summed E-state index contributed by atoms with van der Waals surface area (Å²) in [4.78, 5) is 23.1. The van der Waals surface area contributed by atoms with Crippen LogP contribution in [0.1, 0.15) is 16.5 Å². The number of rotatable bonds is 4. The topological polar surface area (TPSA) is 98.3 Å². The first-order valence-corrected chi connectivity index (χ1v) is 6.72. The number of benzene rings is 1. The van der Waals surface area contributed by atoms with Gasteiger partial charge < -0.3 is 11.1 Å². The number of carbonyl (C=O) groups is 1. The fourth-order valence-electron chi connectivity index (χ4n) is 1.70. The van der Waals surface area contributed by atoms with Gasteiger partial charge in [-0.05, 0) is 24.4 Å². The molecular formula is C13H13N3O3S. The molecule has 0 aliphatic heterocycles. The highest BCUT2D eigenvalue weighted by Crippen LogP contribution is 2.24. The van der Waals surface area contributed by atoms with Crippen LogP contribution in [0.4, 0.5) is 11.4 Å². The quantitative estimate of drug-likeness (QED) is 0.668. The summed E-state index contributed by atoms with van der Waals surface area (Å²) in [6.45, 7) is 1.64. The van der Waals surface area contributed by atoms with Gasteiger partial charge in [-0.25, -0.2) is 0 Å². The Hall–Kier alpha value is -2.25. The van der Waals surface area contributed by atoms with E-state index in [0.717, 1.165) is 4.88 Å². The molecule has 0 fully saturated rings. The van der Waals surface area contributed by atoms with Gasteiger partial charge in [0.25, 0.3) is 5.69 Å². The van der Waals surface area contributed by atoms with Crippen LogP contribution < -0.4 is 11.1 Å². The Labute approximate surface area is 119 Å². The van der Waals surface area contributed by atoms with E-state index in [0.29, 0.717) is 11.3 Å². The number of hydrogen-bond donors (Lipinski definition) is 2.